The van der Waals surface area contributed by atoms with Gasteiger partial charge in [-0.05, 0) is 122 Å². The van der Waals surface area contributed by atoms with Crippen molar-refractivity contribution in [1.29, 1.82) is 0 Å². The van der Waals surface area contributed by atoms with Crippen molar-refractivity contribution < 1.29 is 0 Å². The zero-order valence-electron chi connectivity index (χ0n) is 34.4. The predicted molar refractivity (Wildman–Crippen MR) is 227 cm³/mol. The highest BCUT2D eigenvalue weighted by Gasteiger charge is 2.49. The molecule has 51 heavy (non-hydrogen) atoms. The number of benzene rings is 3. The summed E-state index contributed by atoms with van der Waals surface area (Å²) in [6, 6.07) is 25.1. The molecular formula is C51H74. The molecule has 0 fully saturated rings. The molecular weight excluding hydrogens is 613 g/mol. The molecule has 1 aliphatic carbocycles. The summed E-state index contributed by atoms with van der Waals surface area (Å²) in [5.74, 6) is 0. The lowest BCUT2D eigenvalue weighted by Crippen LogP contribution is -2.46. The van der Waals surface area contributed by atoms with Crippen LogP contribution in [0.25, 0.3) is 11.1 Å². The monoisotopic (exact) mass is 687 g/mol. The minimum atomic E-state index is 0.0279. The molecule has 0 bridgehead atoms. The molecule has 0 aromatic heterocycles. The second-order valence-electron chi connectivity index (χ2n) is 16.7. The van der Waals surface area contributed by atoms with Gasteiger partial charge in [-0.15, -0.1) is 13.2 Å². The molecule has 0 amide bonds. The molecule has 0 nitrogen and oxygen atoms in total. The van der Waals surface area contributed by atoms with Crippen molar-refractivity contribution in [2.24, 2.45) is 0 Å². The maximum atomic E-state index is 3.99. The van der Waals surface area contributed by atoms with Crippen molar-refractivity contribution in [2.45, 2.75) is 186 Å². The van der Waals surface area contributed by atoms with Gasteiger partial charge in [0.2, 0.25) is 0 Å². The van der Waals surface area contributed by atoms with Gasteiger partial charge in [0, 0.05) is 16.2 Å². The zero-order valence-corrected chi connectivity index (χ0v) is 34.4. The van der Waals surface area contributed by atoms with E-state index in [0.717, 1.165) is 32.1 Å². The number of unbranched alkanes of at least 4 members (excludes halogenated alkanes) is 8. The first-order chi connectivity index (χ1) is 24.6. The third-order valence-electron chi connectivity index (χ3n) is 14.4. The topological polar surface area (TPSA) is 0 Å². The molecule has 0 N–H and O–H groups in total. The molecule has 0 saturated heterocycles. The van der Waals surface area contributed by atoms with Gasteiger partial charge in [-0.3, -0.25) is 0 Å². The van der Waals surface area contributed by atoms with E-state index in [2.05, 4.69) is 141 Å². The Hall–Kier alpha value is -2.86. The fourth-order valence-electron chi connectivity index (χ4n) is 10.1. The van der Waals surface area contributed by atoms with Gasteiger partial charge < -0.3 is 0 Å². The Labute approximate surface area is 315 Å². The number of aryl methyl sites for hydroxylation is 1. The van der Waals surface area contributed by atoms with Crippen molar-refractivity contribution in [3.8, 4) is 11.1 Å². The third-order valence-corrected chi connectivity index (χ3v) is 14.4. The number of hydrogen-bond acceptors (Lipinski definition) is 0. The average Bonchev–Trinajstić information content (AvgIpc) is 3.43. The van der Waals surface area contributed by atoms with Crippen molar-refractivity contribution in [3.05, 3.63) is 119 Å². The number of fused-ring (bicyclic) bond motifs is 3. The van der Waals surface area contributed by atoms with Gasteiger partial charge in [-0.1, -0.05) is 165 Å². The summed E-state index contributed by atoms with van der Waals surface area (Å²) in [7, 11) is 0. The molecule has 3 aromatic rings. The summed E-state index contributed by atoms with van der Waals surface area (Å²) < 4.78 is 0. The number of allylic oxidation sites excluding steroid dienone is 2. The van der Waals surface area contributed by atoms with E-state index in [1.165, 1.54) is 105 Å². The molecule has 1 unspecified atom stereocenters. The Kier molecular flexibility index (Phi) is 14.6. The lowest BCUT2D eigenvalue weighted by molar-refractivity contribution is 0.203. The lowest BCUT2D eigenvalue weighted by atomic mass is 9.54. The maximum absolute atomic E-state index is 3.99. The van der Waals surface area contributed by atoms with Crippen LogP contribution in [0.4, 0.5) is 0 Å². The SMILES string of the molecule is C=CCCCCCCC1(CCCCCCC=C)c2cc(C(C)(CC)CC)ccc2-c2ccc(C(CC)(CC)C(C)(CC)c3ccc(C)cc3)cc21. The van der Waals surface area contributed by atoms with Crippen LogP contribution in [0.3, 0.4) is 0 Å². The van der Waals surface area contributed by atoms with E-state index < -0.39 is 0 Å². The van der Waals surface area contributed by atoms with Crippen LogP contribution in [0.2, 0.25) is 0 Å². The quantitative estimate of drug-likeness (QED) is 0.0688. The molecule has 0 saturated carbocycles. The van der Waals surface area contributed by atoms with Crippen molar-refractivity contribution >= 4 is 0 Å². The van der Waals surface area contributed by atoms with Gasteiger partial charge in [0.1, 0.15) is 0 Å². The predicted octanol–water partition coefficient (Wildman–Crippen LogP) is 15.8. The minimum absolute atomic E-state index is 0.0279. The van der Waals surface area contributed by atoms with Crippen LogP contribution in [0.15, 0.2) is 86.0 Å². The summed E-state index contributed by atoms with van der Waals surface area (Å²) in [6.07, 6.45) is 24.9. The maximum Gasteiger partial charge on any atom is 0.0215 e. The molecule has 3 aromatic carbocycles. The summed E-state index contributed by atoms with van der Waals surface area (Å²) >= 11 is 0. The summed E-state index contributed by atoms with van der Waals surface area (Å²) in [5, 5.41) is 0. The van der Waals surface area contributed by atoms with E-state index >= 15 is 0 Å². The van der Waals surface area contributed by atoms with Crippen LogP contribution in [-0.2, 0) is 21.7 Å². The normalized spacial score (nSPS) is 14.9. The average molecular weight is 687 g/mol. The second-order valence-corrected chi connectivity index (χ2v) is 16.7. The summed E-state index contributed by atoms with van der Waals surface area (Å²) in [6.45, 7) is 27.3. The van der Waals surface area contributed by atoms with Crippen LogP contribution < -0.4 is 0 Å². The van der Waals surface area contributed by atoms with Crippen LogP contribution in [-0.4, -0.2) is 0 Å². The molecule has 0 radical (unpaired) electrons. The Morgan fingerprint density at radius 3 is 1.43 bits per heavy atom. The number of hydrogen-bond donors (Lipinski definition) is 0. The van der Waals surface area contributed by atoms with Crippen LogP contribution in [0, 0.1) is 6.92 Å². The molecule has 0 aliphatic heterocycles. The first kappa shape index (κ1) is 40.9. The molecule has 0 heteroatoms. The third kappa shape index (κ3) is 8.06. The fourth-order valence-corrected chi connectivity index (χ4v) is 10.1. The fraction of sp³-hybridized carbons (Fsp3) is 0.569. The molecule has 1 aliphatic rings. The van der Waals surface area contributed by atoms with Crippen LogP contribution in [0.1, 0.15) is 191 Å². The Morgan fingerprint density at radius 2 is 0.980 bits per heavy atom. The highest BCUT2D eigenvalue weighted by molar-refractivity contribution is 5.82. The van der Waals surface area contributed by atoms with E-state index in [-0.39, 0.29) is 21.7 Å². The zero-order chi connectivity index (χ0) is 37.1. The van der Waals surface area contributed by atoms with Crippen molar-refractivity contribution in [2.75, 3.05) is 0 Å². The molecule has 4 rings (SSSR count). The minimum Gasteiger partial charge on any atom is -0.103 e. The van der Waals surface area contributed by atoms with E-state index in [4.69, 9.17) is 0 Å². The van der Waals surface area contributed by atoms with Gasteiger partial charge in [-0.2, -0.15) is 0 Å². The van der Waals surface area contributed by atoms with Gasteiger partial charge in [0.05, 0.1) is 0 Å². The molecule has 0 heterocycles. The Bertz CT molecular complexity index is 1520. The second kappa shape index (κ2) is 18.3. The van der Waals surface area contributed by atoms with Gasteiger partial charge in [0.25, 0.3) is 0 Å². The summed E-state index contributed by atoms with van der Waals surface area (Å²) in [5.41, 5.74) is 12.5. The Balaban J connectivity index is 1.93. The van der Waals surface area contributed by atoms with E-state index in [1.807, 2.05) is 0 Å². The van der Waals surface area contributed by atoms with Crippen molar-refractivity contribution in [3.63, 3.8) is 0 Å². The van der Waals surface area contributed by atoms with Crippen molar-refractivity contribution in [1.82, 2.24) is 0 Å². The summed E-state index contributed by atoms with van der Waals surface area (Å²) in [4.78, 5) is 0. The largest absolute Gasteiger partial charge is 0.103 e. The van der Waals surface area contributed by atoms with Gasteiger partial charge in [0.15, 0.2) is 0 Å². The number of rotatable bonds is 23. The first-order valence-electron chi connectivity index (χ1n) is 21.2. The first-order valence-corrected chi connectivity index (χ1v) is 21.2. The lowest BCUT2D eigenvalue weighted by Gasteiger charge is -2.50. The highest BCUT2D eigenvalue weighted by Crippen LogP contribution is 2.58. The van der Waals surface area contributed by atoms with E-state index in [1.54, 1.807) is 16.7 Å². The van der Waals surface area contributed by atoms with E-state index in [0.29, 0.717) is 0 Å². The van der Waals surface area contributed by atoms with Crippen LogP contribution >= 0.6 is 0 Å². The van der Waals surface area contributed by atoms with Gasteiger partial charge in [-0.25, -0.2) is 0 Å². The van der Waals surface area contributed by atoms with Crippen LogP contribution in [0.5, 0.6) is 0 Å². The Morgan fingerprint density at radius 1 is 0.529 bits per heavy atom. The molecule has 1 atom stereocenters. The standard InChI is InChI=1S/C51H74/c1-11-18-20-22-24-26-36-50(37-27-25-23-21-19-12-2)46-38-42(48(9,13-3)14-4)32-34-44(46)45-35-33-43(39-47(45)50)51(16-6,17-7)49(10,15-5)41-30-28-40(8)29-31-41/h11-12,28-35,38-39H,1-2,13-27,36-37H2,3-10H3. The highest BCUT2D eigenvalue weighted by atomic mass is 14.5. The molecule has 278 valence electrons. The van der Waals surface area contributed by atoms with Gasteiger partial charge >= 0.3 is 0 Å². The smallest absolute Gasteiger partial charge is 0.0215 e. The molecule has 0 spiro atoms. The van der Waals surface area contributed by atoms with E-state index in [9.17, 15) is 0 Å².